The fourth-order valence-corrected chi connectivity index (χ4v) is 2.83. The zero-order chi connectivity index (χ0) is 19.9. The zero-order valence-corrected chi connectivity index (χ0v) is 16.1. The van der Waals surface area contributed by atoms with E-state index in [2.05, 4.69) is 10.5 Å². The van der Waals surface area contributed by atoms with Crippen LogP contribution in [0.5, 0.6) is 11.5 Å². The van der Waals surface area contributed by atoms with Crippen molar-refractivity contribution in [2.24, 2.45) is 5.10 Å². The van der Waals surface area contributed by atoms with E-state index in [4.69, 9.17) is 27.9 Å². The second-order valence-electron chi connectivity index (χ2n) is 5.80. The number of halogens is 2. The molecular weight excluding hydrogens is 399 g/mol. The van der Waals surface area contributed by atoms with E-state index in [1.807, 2.05) is 0 Å². The van der Waals surface area contributed by atoms with Gasteiger partial charge in [0.05, 0.1) is 6.21 Å². The normalized spacial score (nSPS) is 10.8. The Bertz CT molecular complexity index is 967. The van der Waals surface area contributed by atoms with Crippen molar-refractivity contribution in [2.45, 2.75) is 6.61 Å². The number of hydrogen-bond acceptors (Lipinski definition) is 4. The summed E-state index contributed by atoms with van der Waals surface area (Å²) >= 11 is 12.3. The van der Waals surface area contributed by atoms with E-state index >= 15 is 0 Å². The number of phenols is 1. The smallest absolute Gasteiger partial charge is 0.271 e. The second-order valence-corrected chi connectivity index (χ2v) is 6.62. The Morgan fingerprint density at radius 2 is 1.64 bits per heavy atom. The van der Waals surface area contributed by atoms with E-state index in [1.54, 1.807) is 42.5 Å². The molecule has 0 aliphatic heterocycles. The molecule has 0 atom stereocenters. The van der Waals surface area contributed by atoms with E-state index in [0.29, 0.717) is 21.4 Å². The Kier molecular flexibility index (Phi) is 6.53. The van der Waals surface area contributed by atoms with Crippen LogP contribution in [0.4, 0.5) is 0 Å². The van der Waals surface area contributed by atoms with Crippen LogP contribution in [0.15, 0.2) is 71.8 Å². The van der Waals surface area contributed by atoms with Gasteiger partial charge in [-0.15, -0.1) is 0 Å². The van der Waals surface area contributed by atoms with Gasteiger partial charge in [-0.05, 0) is 66.2 Å². The fourth-order valence-electron chi connectivity index (χ4n) is 2.32. The van der Waals surface area contributed by atoms with Gasteiger partial charge in [0.25, 0.3) is 5.91 Å². The van der Waals surface area contributed by atoms with Gasteiger partial charge in [0.2, 0.25) is 0 Å². The summed E-state index contributed by atoms with van der Waals surface area (Å²) in [4.78, 5) is 11.9. The maximum absolute atomic E-state index is 11.9. The molecule has 0 spiro atoms. The number of nitrogens with one attached hydrogen (secondary N) is 1. The minimum Gasteiger partial charge on any atom is -0.508 e. The van der Waals surface area contributed by atoms with Crippen LogP contribution in [0.25, 0.3) is 0 Å². The van der Waals surface area contributed by atoms with Crippen molar-refractivity contribution in [3.05, 3.63) is 93.5 Å². The molecule has 3 rings (SSSR count). The third-order valence-corrected chi connectivity index (χ3v) is 4.54. The quantitative estimate of drug-likeness (QED) is 0.438. The SMILES string of the molecule is O=C(N/N=C/c1ccc(OCc2c(Cl)cccc2Cl)cc1)c1ccc(O)cc1. The number of benzene rings is 3. The Balaban J connectivity index is 1.54. The third kappa shape index (κ3) is 5.25. The predicted molar refractivity (Wildman–Crippen MR) is 110 cm³/mol. The number of carbonyl (C=O) groups is 1. The molecule has 7 heteroatoms. The summed E-state index contributed by atoms with van der Waals surface area (Å²) in [5.74, 6) is 0.383. The van der Waals surface area contributed by atoms with Crippen LogP contribution in [0, 0.1) is 0 Å². The lowest BCUT2D eigenvalue weighted by molar-refractivity contribution is 0.0955. The molecule has 5 nitrogen and oxygen atoms in total. The molecule has 0 saturated carbocycles. The molecule has 0 aromatic heterocycles. The molecule has 0 heterocycles. The number of hydrogen-bond donors (Lipinski definition) is 2. The highest BCUT2D eigenvalue weighted by Crippen LogP contribution is 2.25. The minimum atomic E-state index is -0.368. The zero-order valence-electron chi connectivity index (χ0n) is 14.6. The summed E-state index contributed by atoms with van der Waals surface area (Å²) in [6.45, 7) is 0.259. The van der Waals surface area contributed by atoms with Gasteiger partial charge in [-0.3, -0.25) is 4.79 Å². The van der Waals surface area contributed by atoms with Crippen LogP contribution < -0.4 is 10.2 Å². The van der Waals surface area contributed by atoms with E-state index < -0.39 is 0 Å². The minimum absolute atomic E-state index is 0.0965. The van der Waals surface area contributed by atoms with Crippen molar-refractivity contribution >= 4 is 35.3 Å². The first-order valence-electron chi connectivity index (χ1n) is 8.31. The first kappa shape index (κ1) is 19.7. The molecule has 142 valence electrons. The summed E-state index contributed by atoms with van der Waals surface area (Å²) in [6.07, 6.45) is 1.52. The molecule has 0 aliphatic carbocycles. The van der Waals surface area contributed by atoms with Crippen molar-refractivity contribution in [2.75, 3.05) is 0 Å². The van der Waals surface area contributed by atoms with Gasteiger partial charge in [-0.25, -0.2) is 5.43 Å². The maximum Gasteiger partial charge on any atom is 0.271 e. The van der Waals surface area contributed by atoms with Gasteiger partial charge in [0.15, 0.2) is 0 Å². The molecule has 28 heavy (non-hydrogen) atoms. The van der Waals surface area contributed by atoms with E-state index in [9.17, 15) is 9.90 Å². The molecular formula is C21H16Cl2N2O3. The molecule has 1 amide bonds. The van der Waals surface area contributed by atoms with Crippen molar-refractivity contribution in [1.29, 1.82) is 0 Å². The monoisotopic (exact) mass is 414 g/mol. The average molecular weight is 415 g/mol. The van der Waals surface area contributed by atoms with Crippen LogP contribution in [0.1, 0.15) is 21.5 Å². The summed E-state index contributed by atoms with van der Waals surface area (Å²) in [7, 11) is 0. The number of phenolic OH excluding ortho intramolecular Hbond substituents is 1. The summed E-state index contributed by atoms with van der Waals surface area (Å²) in [5, 5.41) is 14.3. The molecule has 0 fully saturated rings. The van der Waals surface area contributed by atoms with Gasteiger partial charge in [0.1, 0.15) is 18.1 Å². The van der Waals surface area contributed by atoms with Crippen molar-refractivity contribution in [1.82, 2.24) is 5.43 Å². The predicted octanol–water partition coefficient (Wildman–Crippen LogP) is 5.04. The Morgan fingerprint density at radius 1 is 1.00 bits per heavy atom. The van der Waals surface area contributed by atoms with E-state index in [-0.39, 0.29) is 18.3 Å². The standard InChI is InChI=1S/C21H16Cl2N2O3/c22-19-2-1-3-20(23)18(19)13-28-17-10-4-14(5-11-17)12-24-25-21(27)15-6-8-16(26)9-7-15/h1-12,26H,13H2,(H,25,27)/b24-12+. The van der Waals surface area contributed by atoms with Crippen molar-refractivity contribution in [3.63, 3.8) is 0 Å². The molecule has 2 N–H and O–H groups in total. The van der Waals surface area contributed by atoms with Crippen molar-refractivity contribution in [3.8, 4) is 11.5 Å². The summed E-state index contributed by atoms with van der Waals surface area (Å²) in [5.41, 5.74) is 4.35. The summed E-state index contributed by atoms with van der Waals surface area (Å²) < 4.78 is 5.72. The molecule has 0 bridgehead atoms. The summed E-state index contributed by atoms with van der Waals surface area (Å²) in [6, 6.07) is 18.4. The molecule has 3 aromatic rings. The fraction of sp³-hybridized carbons (Fsp3) is 0.0476. The molecule has 0 radical (unpaired) electrons. The lowest BCUT2D eigenvalue weighted by atomic mass is 10.2. The molecule has 0 saturated heterocycles. The first-order valence-corrected chi connectivity index (χ1v) is 9.07. The lowest BCUT2D eigenvalue weighted by Crippen LogP contribution is -2.17. The highest BCUT2D eigenvalue weighted by Gasteiger charge is 2.06. The number of rotatable bonds is 6. The highest BCUT2D eigenvalue weighted by molar-refractivity contribution is 6.35. The van der Waals surface area contributed by atoms with Gasteiger partial charge in [-0.1, -0.05) is 29.3 Å². The van der Waals surface area contributed by atoms with E-state index in [0.717, 1.165) is 11.1 Å². The van der Waals surface area contributed by atoms with E-state index in [1.165, 1.54) is 30.5 Å². The second kappa shape index (κ2) is 9.26. The Hall–Kier alpha value is -3.02. The van der Waals surface area contributed by atoms with Gasteiger partial charge >= 0.3 is 0 Å². The largest absolute Gasteiger partial charge is 0.508 e. The van der Waals surface area contributed by atoms with Crippen LogP contribution in [-0.2, 0) is 6.61 Å². The third-order valence-electron chi connectivity index (χ3n) is 3.83. The van der Waals surface area contributed by atoms with Crippen LogP contribution >= 0.6 is 23.2 Å². The van der Waals surface area contributed by atoms with Crippen LogP contribution in [0.2, 0.25) is 10.0 Å². The average Bonchev–Trinajstić information content (AvgIpc) is 2.69. The number of hydrazone groups is 1. The number of ether oxygens (including phenoxy) is 1. The lowest BCUT2D eigenvalue weighted by Gasteiger charge is -2.09. The maximum atomic E-state index is 11.9. The Labute approximate surface area is 172 Å². The van der Waals surface area contributed by atoms with Crippen LogP contribution in [0.3, 0.4) is 0 Å². The molecule has 0 unspecified atom stereocenters. The first-order chi connectivity index (χ1) is 13.5. The topological polar surface area (TPSA) is 70.9 Å². The Morgan fingerprint density at radius 3 is 2.29 bits per heavy atom. The van der Waals surface area contributed by atoms with Gasteiger partial charge in [-0.2, -0.15) is 5.10 Å². The van der Waals surface area contributed by atoms with Crippen molar-refractivity contribution < 1.29 is 14.6 Å². The highest BCUT2D eigenvalue weighted by atomic mass is 35.5. The number of nitrogens with zero attached hydrogens (tertiary/aromatic N) is 1. The number of aromatic hydroxyl groups is 1. The number of amides is 1. The molecule has 0 aliphatic rings. The van der Waals surface area contributed by atoms with Gasteiger partial charge < -0.3 is 9.84 Å². The van der Waals surface area contributed by atoms with Gasteiger partial charge in [0, 0.05) is 21.2 Å². The molecule has 3 aromatic carbocycles. The van der Waals surface area contributed by atoms with Crippen LogP contribution in [-0.4, -0.2) is 17.2 Å². The number of carbonyl (C=O) groups excluding carboxylic acids is 1.